The van der Waals surface area contributed by atoms with Crippen LogP contribution in [0.15, 0.2) is 33.5 Å². The molecule has 2 heterocycles. The maximum absolute atomic E-state index is 13.8. The summed E-state index contributed by atoms with van der Waals surface area (Å²) >= 11 is 0. The van der Waals surface area contributed by atoms with Crippen molar-refractivity contribution in [3.63, 3.8) is 0 Å². The van der Waals surface area contributed by atoms with Crippen LogP contribution in [0, 0.1) is 40.4 Å². The number of benzene rings is 1. The van der Waals surface area contributed by atoms with Gasteiger partial charge in [0, 0.05) is 5.69 Å². The summed E-state index contributed by atoms with van der Waals surface area (Å²) in [6, 6.07) is 9.91. The molecule has 3 saturated carbocycles. The van der Waals surface area contributed by atoms with Crippen LogP contribution in [0.2, 0.25) is 0 Å². The normalized spacial score (nSPS) is 32.8. The van der Waals surface area contributed by atoms with E-state index in [1.54, 1.807) is 6.07 Å². The monoisotopic (exact) mass is 499 g/mol. The molecule has 1 spiro atoms. The number of fused-ring (bicyclic) bond motifs is 5. The second-order valence-electron chi connectivity index (χ2n) is 10.7. The number of nitrogens with zero attached hydrogens (tertiary/aromatic N) is 5. The van der Waals surface area contributed by atoms with Crippen molar-refractivity contribution in [2.24, 2.45) is 31.9 Å². The Bertz CT molecular complexity index is 1320. The lowest BCUT2D eigenvalue weighted by Crippen LogP contribution is -2.47. The number of amidine groups is 1. The Morgan fingerprint density at radius 2 is 1.57 bits per heavy atom. The Hall–Kier alpha value is -3.92. The van der Waals surface area contributed by atoms with E-state index in [0.29, 0.717) is 11.3 Å². The fraction of sp³-hybridized carbons (Fsp3) is 0.556. The molecule has 1 amide bonds. The number of nitrogens with two attached hydrogens (primary N) is 1. The first kappa shape index (κ1) is 23.5. The van der Waals surface area contributed by atoms with Crippen LogP contribution in [0.1, 0.15) is 75.3 Å². The minimum absolute atomic E-state index is 0.186. The van der Waals surface area contributed by atoms with Crippen molar-refractivity contribution < 1.29 is 14.5 Å². The smallest absolute Gasteiger partial charge is 0.386 e. The highest BCUT2D eigenvalue weighted by atomic mass is 16.8. The van der Waals surface area contributed by atoms with Crippen molar-refractivity contribution in [1.82, 2.24) is 0 Å². The molecule has 0 bridgehead atoms. The molecule has 0 radical (unpaired) electrons. The molecule has 10 nitrogen and oxygen atoms in total. The molecule has 1 aromatic carbocycles. The summed E-state index contributed by atoms with van der Waals surface area (Å²) in [6.07, 6.45) is 9.14. The fourth-order valence-corrected chi connectivity index (χ4v) is 6.92. The summed E-state index contributed by atoms with van der Waals surface area (Å²) in [7, 11) is 0. The van der Waals surface area contributed by atoms with Gasteiger partial charge in [0.15, 0.2) is 5.41 Å². The van der Waals surface area contributed by atoms with Gasteiger partial charge in [-0.25, -0.2) is 0 Å². The standard InChI is InChI=1S/C27H29N7O3/c1-17-12-13-21-20(14-17)26(23(35)31-21)24(15-28)22(30)32-27(25(24,26)16-29,36-33-18-8-4-2-5-9-18)37-34-19-10-6-3-7-11-19/h12-14H,2-11H2,1H3,(H2,30,32)(H,31,35)/t24-,25+,26+/m1/s1. The number of amides is 1. The number of anilines is 1. The highest BCUT2D eigenvalue weighted by Gasteiger charge is 3.07. The second-order valence-corrected chi connectivity index (χ2v) is 10.7. The van der Waals surface area contributed by atoms with Crippen LogP contribution in [0.4, 0.5) is 5.69 Å². The third-order valence-electron chi connectivity index (χ3n) is 8.71. The first-order chi connectivity index (χ1) is 17.9. The highest BCUT2D eigenvalue weighted by Crippen LogP contribution is 2.87. The lowest BCUT2D eigenvalue weighted by Gasteiger charge is -2.30. The van der Waals surface area contributed by atoms with Gasteiger partial charge in [0.05, 0.1) is 23.6 Å². The third kappa shape index (κ3) is 2.68. The molecule has 6 rings (SSSR count). The molecular formula is C27H29N7O3. The summed E-state index contributed by atoms with van der Waals surface area (Å²) < 4.78 is 0. The maximum atomic E-state index is 13.8. The largest absolute Gasteiger partial charge is 0.422 e. The average Bonchev–Trinajstić information content (AvgIpc) is 3.29. The molecule has 37 heavy (non-hydrogen) atoms. The van der Waals surface area contributed by atoms with Crippen molar-refractivity contribution in [3.8, 4) is 12.1 Å². The van der Waals surface area contributed by atoms with Gasteiger partial charge in [-0.15, -0.1) is 0 Å². The Morgan fingerprint density at radius 1 is 0.973 bits per heavy atom. The van der Waals surface area contributed by atoms with E-state index in [1.165, 1.54) is 0 Å². The van der Waals surface area contributed by atoms with Crippen LogP contribution >= 0.6 is 0 Å². The number of nitrogens with one attached hydrogen (secondary N) is 1. The minimum Gasteiger partial charge on any atom is -0.386 e. The predicted octanol–water partition coefficient (Wildman–Crippen LogP) is 3.92. The SMILES string of the molecule is Cc1ccc2c(c1)[C@]1(C(=O)N2)[C@]2(C#N)C(N)=NC(ON=C3CCCCC3)(ON=C3CCCCC3)[C@@]21C#N. The number of carbonyl (C=O) groups is 1. The van der Waals surface area contributed by atoms with Gasteiger partial charge < -0.3 is 20.7 Å². The number of aliphatic imine (C=N–C) groups is 1. The predicted molar refractivity (Wildman–Crippen MR) is 135 cm³/mol. The van der Waals surface area contributed by atoms with Crippen LogP contribution in [0.25, 0.3) is 0 Å². The van der Waals surface area contributed by atoms with Crippen molar-refractivity contribution >= 4 is 28.9 Å². The maximum Gasteiger partial charge on any atom is 0.422 e. The van der Waals surface area contributed by atoms with Gasteiger partial charge in [-0.3, -0.25) is 4.79 Å². The topological polar surface area (TPSA) is 158 Å². The summed E-state index contributed by atoms with van der Waals surface area (Å²) in [6.45, 7) is 1.88. The molecule has 1 aromatic rings. The number of oxime groups is 2. The molecular weight excluding hydrogens is 470 g/mol. The molecule has 10 heteroatoms. The van der Waals surface area contributed by atoms with Crippen LogP contribution in [-0.2, 0) is 19.9 Å². The van der Waals surface area contributed by atoms with Crippen molar-refractivity contribution in [3.05, 3.63) is 29.3 Å². The molecule has 3 atom stereocenters. The van der Waals surface area contributed by atoms with Gasteiger partial charge in [-0.1, -0.05) is 40.8 Å². The fourth-order valence-electron chi connectivity index (χ4n) is 6.92. The van der Waals surface area contributed by atoms with Crippen LogP contribution in [0.3, 0.4) is 0 Å². The van der Waals surface area contributed by atoms with E-state index in [-0.39, 0.29) is 5.84 Å². The van der Waals surface area contributed by atoms with E-state index in [2.05, 4.69) is 32.8 Å². The van der Waals surface area contributed by atoms with Gasteiger partial charge in [0.2, 0.25) is 11.3 Å². The third-order valence-corrected chi connectivity index (χ3v) is 8.71. The molecule has 3 fully saturated rings. The molecule has 3 N–H and O–H groups in total. The number of rotatable bonds is 4. The van der Waals surface area contributed by atoms with Gasteiger partial charge >= 0.3 is 5.91 Å². The van der Waals surface area contributed by atoms with E-state index in [4.69, 9.17) is 15.4 Å². The molecule has 5 aliphatic rings. The van der Waals surface area contributed by atoms with Gasteiger partial charge in [0.25, 0.3) is 0 Å². The highest BCUT2D eigenvalue weighted by molar-refractivity contribution is 6.20. The number of nitriles is 2. The molecule has 0 saturated heterocycles. The van der Waals surface area contributed by atoms with E-state index in [1.807, 2.05) is 19.1 Å². The summed E-state index contributed by atoms with van der Waals surface area (Å²) in [5, 5.41) is 33.1. The first-order valence-electron chi connectivity index (χ1n) is 13.0. The number of hydrogen-bond donors (Lipinski definition) is 2. The van der Waals surface area contributed by atoms with Crippen molar-refractivity contribution in [1.29, 1.82) is 10.5 Å². The van der Waals surface area contributed by atoms with Gasteiger partial charge in [0.1, 0.15) is 11.3 Å². The Labute approximate surface area is 215 Å². The molecule has 3 aliphatic carbocycles. The number of hydrogen-bond acceptors (Lipinski definition) is 9. The number of carbonyl (C=O) groups excluding carboxylic acids is 1. The lowest BCUT2D eigenvalue weighted by atomic mass is 9.83. The van der Waals surface area contributed by atoms with E-state index < -0.39 is 28.1 Å². The second kappa shape index (κ2) is 8.04. The summed E-state index contributed by atoms with van der Waals surface area (Å²) in [5.74, 6) is -2.89. The summed E-state index contributed by atoms with van der Waals surface area (Å²) in [5.41, 5.74) is 4.57. The van der Waals surface area contributed by atoms with Crippen LogP contribution < -0.4 is 11.1 Å². The van der Waals surface area contributed by atoms with E-state index in [0.717, 1.165) is 81.2 Å². The zero-order valence-electron chi connectivity index (χ0n) is 20.8. The van der Waals surface area contributed by atoms with Gasteiger partial charge in [-0.2, -0.15) is 15.5 Å². The minimum atomic E-state index is -2.20. The summed E-state index contributed by atoms with van der Waals surface area (Å²) in [4.78, 5) is 30.4. The lowest BCUT2D eigenvalue weighted by molar-refractivity contribution is -0.263. The Kier molecular flexibility index (Phi) is 5.10. The van der Waals surface area contributed by atoms with E-state index in [9.17, 15) is 15.3 Å². The number of aryl methyl sites for hydroxylation is 1. The van der Waals surface area contributed by atoms with E-state index >= 15 is 0 Å². The zero-order valence-corrected chi connectivity index (χ0v) is 20.8. The molecule has 2 aliphatic heterocycles. The quantitative estimate of drug-likeness (QED) is 0.472. The zero-order chi connectivity index (χ0) is 25.9. The van der Waals surface area contributed by atoms with Gasteiger partial charge in [-0.05, 0) is 69.9 Å². The van der Waals surface area contributed by atoms with Crippen LogP contribution in [-0.4, -0.2) is 29.1 Å². The first-order valence-corrected chi connectivity index (χ1v) is 13.0. The average molecular weight is 500 g/mol. The van der Waals surface area contributed by atoms with Crippen molar-refractivity contribution in [2.45, 2.75) is 82.5 Å². The Balaban J connectivity index is 1.55. The van der Waals surface area contributed by atoms with Crippen LogP contribution in [0.5, 0.6) is 0 Å². The van der Waals surface area contributed by atoms with Crippen molar-refractivity contribution in [2.75, 3.05) is 5.32 Å². The Morgan fingerprint density at radius 3 is 2.11 bits per heavy atom. The molecule has 190 valence electrons. The molecule has 0 unspecified atom stereocenters. The molecule has 0 aromatic heterocycles.